The van der Waals surface area contributed by atoms with Crippen LogP contribution in [-0.2, 0) is 6.42 Å². The molecule has 0 aromatic carbocycles. The van der Waals surface area contributed by atoms with E-state index in [9.17, 15) is 15.3 Å². The van der Waals surface area contributed by atoms with E-state index < -0.39 is 18.3 Å². The first kappa shape index (κ1) is 22.8. The minimum atomic E-state index is -0.534. The normalized spacial score (nSPS) is 27.2. The largest absolute Gasteiger partial charge is 0.393 e. The Bertz CT molecular complexity index is 606. The van der Waals surface area contributed by atoms with Crippen molar-refractivity contribution in [1.29, 1.82) is 0 Å². The van der Waals surface area contributed by atoms with Crippen LogP contribution in [0.4, 0.5) is 0 Å². The van der Waals surface area contributed by atoms with Crippen LogP contribution in [0.2, 0.25) is 0 Å². The Hall–Kier alpha value is -0.460. The van der Waals surface area contributed by atoms with Gasteiger partial charge in [-0.3, -0.25) is 0 Å². The molecule has 5 heteroatoms. The average Bonchev–Trinajstić information content (AvgIpc) is 3.09. The standard InChI is InChI=1S/C22H33BrO3S/c1-3-4-5-6-7-8-18-19(22(26)14-21(18)25)12-10-16(24)9-11-17-13-20(23)15(2)27-17/h6-7,10,12-13,16,18-19,21-22,24-26H,3-5,8-9,11,14H2,1-2H3/b7-6-,12-10+/t16-,18+,19+,21-,22+/m0/s1. The number of thiophene rings is 1. The van der Waals surface area contributed by atoms with Crippen LogP contribution in [0.5, 0.6) is 0 Å². The van der Waals surface area contributed by atoms with Gasteiger partial charge in [0.25, 0.3) is 0 Å². The third kappa shape index (κ3) is 7.13. The molecule has 152 valence electrons. The summed E-state index contributed by atoms with van der Waals surface area (Å²) >= 11 is 5.28. The second-order valence-electron chi connectivity index (χ2n) is 7.57. The van der Waals surface area contributed by atoms with Crippen molar-refractivity contribution >= 4 is 27.3 Å². The molecule has 3 N–H and O–H groups in total. The highest BCUT2D eigenvalue weighted by Gasteiger charge is 2.39. The lowest BCUT2D eigenvalue weighted by Gasteiger charge is -2.19. The number of unbranched alkanes of at least 4 members (excludes halogenated alkanes) is 2. The number of aliphatic hydroxyl groups is 3. The second kappa shape index (κ2) is 11.5. The average molecular weight is 457 g/mol. The second-order valence-corrected chi connectivity index (χ2v) is 9.76. The Balaban J connectivity index is 1.86. The zero-order valence-corrected chi connectivity index (χ0v) is 18.8. The van der Waals surface area contributed by atoms with Gasteiger partial charge in [-0.25, -0.2) is 0 Å². The molecule has 2 rings (SSSR count). The summed E-state index contributed by atoms with van der Waals surface area (Å²) in [6.07, 6.45) is 12.6. The summed E-state index contributed by atoms with van der Waals surface area (Å²) in [7, 11) is 0. The van der Waals surface area contributed by atoms with Crippen molar-refractivity contribution < 1.29 is 15.3 Å². The zero-order valence-electron chi connectivity index (χ0n) is 16.4. The third-order valence-corrected chi connectivity index (χ3v) is 7.56. The van der Waals surface area contributed by atoms with Crippen molar-refractivity contribution in [1.82, 2.24) is 0 Å². The number of hydrogen-bond donors (Lipinski definition) is 3. The van der Waals surface area contributed by atoms with Gasteiger partial charge in [-0.2, -0.15) is 0 Å². The lowest BCUT2D eigenvalue weighted by molar-refractivity contribution is 0.120. The van der Waals surface area contributed by atoms with Crippen molar-refractivity contribution in [2.24, 2.45) is 11.8 Å². The molecule has 0 unspecified atom stereocenters. The first-order valence-electron chi connectivity index (χ1n) is 10.0. The molecule has 0 spiro atoms. The first-order valence-corrected chi connectivity index (χ1v) is 11.7. The summed E-state index contributed by atoms with van der Waals surface area (Å²) in [5.74, 6) is -0.0687. The van der Waals surface area contributed by atoms with Gasteiger partial charge in [0.2, 0.25) is 0 Å². The molecular weight excluding hydrogens is 424 g/mol. The predicted octanol–water partition coefficient (Wildman–Crippen LogP) is 5.16. The fraction of sp³-hybridized carbons (Fsp3) is 0.636. The lowest BCUT2D eigenvalue weighted by Crippen LogP contribution is -2.20. The molecular formula is C22H33BrO3S. The maximum atomic E-state index is 10.3. The van der Waals surface area contributed by atoms with Crippen molar-refractivity contribution in [3.05, 3.63) is 44.6 Å². The highest BCUT2D eigenvalue weighted by atomic mass is 79.9. The summed E-state index contributed by atoms with van der Waals surface area (Å²) < 4.78 is 1.13. The number of rotatable bonds is 10. The van der Waals surface area contributed by atoms with Gasteiger partial charge >= 0.3 is 0 Å². The maximum Gasteiger partial charge on any atom is 0.0724 e. The van der Waals surface area contributed by atoms with Gasteiger partial charge in [-0.15, -0.1) is 11.3 Å². The SMILES string of the molecule is CCCC/C=C\C[C@@H]1[C@@H](/C=C/[C@@H](O)CCc2cc(Br)c(C)s2)[C@H](O)C[C@@H]1O. The van der Waals surface area contributed by atoms with Crippen LogP contribution >= 0.6 is 27.3 Å². The van der Waals surface area contributed by atoms with Gasteiger partial charge in [0.15, 0.2) is 0 Å². The smallest absolute Gasteiger partial charge is 0.0724 e. The molecule has 0 saturated heterocycles. The number of aryl methyl sites for hydroxylation is 2. The van der Waals surface area contributed by atoms with Crippen LogP contribution in [0.25, 0.3) is 0 Å². The molecule has 0 aliphatic heterocycles. The number of hydrogen-bond acceptors (Lipinski definition) is 4. The zero-order chi connectivity index (χ0) is 19.8. The Morgan fingerprint density at radius 1 is 1.30 bits per heavy atom. The summed E-state index contributed by atoms with van der Waals surface area (Å²) in [4.78, 5) is 2.52. The fourth-order valence-corrected chi connectivity index (χ4v) is 5.30. The number of aliphatic hydroxyl groups excluding tert-OH is 3. The lowest BCUT2D eigenvalue weighted by atomic mass is 9.89. The Morgan fingerprint density at radius 2 is 2.07 bits per heavy atom. The molecule has 1 aromatic heterocycles. The molecule has 1 fully saturated rings. The van der Waals surface area contributed by atoms with Crippen molar-refractivity contribution in [3.63, 3.8) is 0 Å². The molecule has 0 amide bonds. The number of allylic oxidation sites excluding steroid dienone is 2. The molecule has 0 bridgehead atoms. The van der Waals surface area contributed by atoms with Gasteiger partial charge in [-0.1, -0.05) is 44.1 Å². The van der Waals surface area contributed by atoms with Crippen molar-refractivity contribution in [2.75, 3.05) is 0 Å². The Morgan fingerprint density at radius 3 is 2.74 bits per heavy atom. The third-order valence-electron chi connectivity index (χ3n) is 5.37. The van der Waals surface area contributed by atoms with Crippen LogP contribution in [0, 0.1) is 18.8 Å². The quantitative estimate of drug-likeness (QED) is 0.336. The Labute approximate surface area is 176 Å². The van der Waals surface area contributed by atoms with E-state index in [4.69, 9.17) is 0 Å². The van der Waals surface area contributed by atoms with Gasteiger partial charge in [0, 0.05) is 26.6 Å². The van der Waals surface area contributed by atoms with E-state index in [0.29, 0.717) is 12.8 Å². The van der Waals surface area contributed by atoms with Gasteiger partial charge in [0.05, 0.1) is 18.3 Å². The maximum absolute atomic E-state index is 10.3. The minimum absolute atomic E-state index is 0.0252. The van der Waals surface area contributed by atoms with Crippen LogP contribution in [0.15, 0.2) is 34.8 Å². The molecule has 27 heavy (non-hydrogen) atoms. The molecule has 1 heterocycles. The molecule has 3 nitrogen and oxygen atoms in total. The van der Waals surface area contributed by atoms with E-state index in [-0.39, 0.29) is 11.8 Å². The Kier molecular flexibility index (Phi) is 9.74. The van der Waals surface area contributed by atoms with Crippen LogP contribution in [0.1, 0.15) is 55.2 Å². The fourth-order valence-electron chi connectivity index (χ4n) is 3.68. The van der Waals surface area contributed by atoms with E-state index in [0.717, 1.165) is 23.7 Å². The predicted molar refractivity (Wildman–Crippen MR) is 117 cm³/mol. The van der Waals surface area contributed by atoms with Crippen molar-refractivity contribution in [2.45, 2.75) is 77.1 Å². The van der Waals surface area contributed by atoms with Gasteiger partial charge < -0.3 is 15.3 Å². The topological polar surface area (TPSA) is 60.7 Å². The summed E-state index contributed by atoms with van der Waals surface area (Å²) in [5, 5.41) is 30.9. The van der Waals surface area contributed by atoms with Crippen LogP contribution in [-0.4, -0.2) is 33.6 Å². The van der Waals surface area contributed by atoms with E-state index in [1.165, 1.54) is 22.6 Å². The molecule has 1 saturated carbocycles. The van der Waals surface area contributed by atoms with E-state index >= 15 is 0 Å². The van der Waals surface area contributed by atoms with E-state index in [1.54, 1.807) is 17.4 Å². The van der Waals surface area contributed by atoms with Crippen molar-refractivity contribution in [3.8, 4) is 0 Å². The van der Waals surface area contributed by atoms with Gasteiger partial charge in [0.1, 0.15) is 0 Å². The monoisotopic (exact) mass is 456 g/mol. The highest BCUT2D eigenvalue weighted by molar-refractivity contribution is 9.10. The molecule has 0 radical (unpaired) electrons. The first-order chi connectivity index (χ1) is 12.9. The summed E-state index contributed by atoms with van der Waals surface area (Å²) in [6, 6.07) is 2.12. The molecule has 1 aliphatic rings. The van der Waals surface area contributed by atoms with Gasteiger partial charge in [-0.05, 0) is 60.5 Å². The highest BCUT2D eigenvalue weighted by Crippen LogP contribution is 2.36. The number of halogens is 1. The molecule has 1 aliphatic carbocycles. The van der Waals surface area contributed by atoms with Crippen LogP contribution in [0.3, 0.4) is 0 Å². The van der Waals surface area contributed by atoms with E-state index in [1.807, 2.05) is 6.08 Å². The summed E-state index contributed by atoms with van der Waals surface area (Å²) in [6.45, 7) is 4.26. The van der Waals surface area contributed by atoms with Crippen LogP contribution < -0.4 is 0 Å². The molecule has 1 aromatic rings. The minimum Gasteiger partial charge on any atom is -0.393 e. The summed E-state index contributed by atoms with van der Waals surface area (Å²) in [5.41, 5.74) is 0. The molecule has 5 atom stereocenters. The van der Waals surface area contributed by atoms with E-state index in [2.05, 4.69) is 48.0 Å².